The highest BCUT2D eigenvalue weighted by Crippen LogP contribution is 2.40. The van der Waals surface area contributed by atoms with Gasteiger partial charge in [0.15, 0.2) is 28.8 Å². The maximum Gasteiger partial charge on any atom is 0.336 e. The maximum absolute atomic E-state index is 13.1. The number of nitrogens with one attached hydrogen (secondary N) is 1. The minimum absolute atomic E-state index is 0. The number of aromatic amines is 1. The van der Waals surface area contributed by atoms with E-state index < -0.39 is 48.1 Å². The van der Waals surface area contributed by atoms with Crippen LogP contribution in [0.15, 0.2) is 47.3 Å². The van der Waals surface area contributed by atoms with Gasteiger partial charge in [0.1, 0.15) is 12.4 Å². The lowest BCUT2D eigenvalue weighted by Gasteiger charge is -2.43. The lowest BCUT2D eigenvalue weighted by molar-refractivity contribution is -0.181. The number of imidazole rings is 1. The van der Waals surface area contributed by atoms with Crippen molar-refractivity contribution in [2.75, 3.05) is 33.4 Å². The second kappa shape index (κ2) is 13.2. The number of aliphatic hydroxyl groups is 1. The molecule has 2 aromatic carbocycles. The number of piperidine rings is 1. The van der Waals surface area contributed by atoms with Crippen LogP contribution in [0.5, 0.6) is 17.2 Å². The van der Waals surface area contributed by atoms with Gasteiger partial charge < -0.3 is 44.7 Å². The van der Waals surface area contributed by atoms with Crippen molar-refractivity contribution in [1.29, 1.82) is 0 Å². The summed E-state index contributed by atoms with van der Waals surface area (Å²) in [4.78, 5) is 53.6. The zero-order valence-electron chi connectivity index (χ0n) is 24.9. The summed E-state index contributed by atoms with van der Waals surface area (Å²) in [6.45, 7) is 2.92. The maximum atomic E-state index is 13.1. The van der Waals surface area contributed by atoms with E-state index in [9.17, 15) is 29.4 Å². The number of H-pyrrole nitrogens is 1. The van der Waals surface area contributed by atoms with Crippen LogP contribution in [0.4, 0.5) is 0 Å². The molecule has 0 radical (unpaired) electrons. The second-order valence-corrected chi connectivity index (χ2v) is 11.4. The van der Waals surface area contributed by atoms with Crippen molar-refractivity contribution in [3.63, 3.8) is 0 Å². The van der Waals surface area contributed by atoms with Gasteiger partial charge in [0.2, 0.25) is 0 Å². The van der Waals surface area contributed by atoms with Gasteiger partial charge >= 0.3 is 23.6 Å². The van der Waals surface area contributed by atoms with Gasteiger partial charge in [-0.05, 0) is 44.0 Å². The lowest BCUT2D eigenvalue weighted by atomic mass is 9.94. The number of ether oxygens (including phenoxy) is 4. The summed E-state index contributed by atoms with van der Waals surface area (Å²) < 4.78 is 25.1. The zero-order chi connectivity index (χ0) is 31.6. The molecule has 0 bridgehead atoms. The first kappa shape index (κ1) is 33.3. The number of carbonyl (C=O) groups excluding carboxylic acids is 1. The van der Waals surface area contributed by atoms with E-state index in [2.05, 4.69) is 4.98 Å². The Balaban J connectivity index is 0.00000461. The first-order valence-electron chi connectivity index (χ1n) is 14.2. The zero-order valence-corrected chi connectivity index (χ0v) is 24.9. The Morgan fingerprint density at radius 3 is 2.49 bits per heavy atom. The number of aromatic nitrogens is 2. The molecule has 1 aromatic heterocycles. The van der Waals surface area contributed by atoms with Gasteiger partial charge in [-0.2, -0.15) is 0 Å². The molecule has 5 rings (SSSR count). The average molecular weight is 632 g/mol. The van der Waals surface area contributed by atoms with E-state index in [0.29, 0.717) is 43.2 Å². The first-order chi connectivity index (χ1) is 20.9. The molecule has 0 amide bonds. The number of carboxylic acid groups (broad SMARTS) is 2. The average Bonchev–Trinajstić information content (AvgIpc) is 3.32. The Morgan fingerprint density at radius 1 is 1.11 bits per heavy atom. The molecule has 0 saturated carbocycles. The van der Waals surface area contributed by atoms with E-state index in [4.69, 9.17) is 24.1 Å². The van der Waals surface area contributed by atoms with Gasteiger partial charge in [0.05, 0.1) is 31.0 Å². The number of rotatable bonds is 11. The minimum Gasteiger partial charge on any atom is -0.497 e. The standard InChI is InChI=1S/C30H35N3O11.H2O/c1-29(17-42-23-13-19(41-2)7-8-22(23)44-29)24(43-26(36)15-30(40,27(37)38)14-25(34)35)16-32-11-9-18(10-12-32)33-21-6-4-3-5-20(21)31-28(33)39;/h3-8,13,18,24,40H,9-12,14-17H2,1-2H3,(H,31,39)(H,34,35)(H,37,38);1H2. The number of methoxy groups -OCH3 is 1. The number of aliphatic carboxylic acids is 2. The fourth-order valence-electron chi connectivity index (χ4n) is 5.76. The normalized spacial score (nSPS) is 20.4. The van der Waals surface area contributed by atoms with Gasteiger partial charge in [-0.25, -0.2) is 9.59 Å². The van der Waals surface area contributed by atoms with Crippen molar-refractivity contribution in [1.82, 2.24) is 14.5 Å². The molecule has 3 aromatic rings. The second-order valence-electron chi connectivity index (χ2n) is 11.4. The van der Waals surface area contributed by atoms with E-state index in [0.717, 1.165) is 11.0 Å². The molecule has 3 unspecified atom stereocenters. The van der Waals surface area contributed by atoms with Crippen LogP contribution in [0.2, 0.25) is 0 Å². The van der Waals surface area contributed by atoms with Crippen LogP contribution >= 0.6 is 0 Å². The number of esters is 1. The first-order valence-corrected chi connectivity index (χ1v) is 14.2. The summed E-state index contributed by atoms with van der Waals surface area (Å²) in [6, 6.07) is 12.4. The Kier molecular flexibility index (Phi) is 9.75. The predicted molar refractivity (Wildman–Crippen MR) is 158 cm³/mol. The van der Waals surface area contributed by atoms with Crippen LogP contribution in [0.1, 0.15) is 38.6 Å². The third-order valence-corrected chi connectivity index (χ3v) is 8.21. The summed E-state index contributed by atoms with van der Waals surface area (Å²) in [5.74, 6) is -3.17. The lowest BCUT2D eigenvalue weighted by Crippen LogP contribution is -2.58. The fourth-order valence-corrected chi connectivity index (χ4v) is 5.76. The molecule has 2 aliphatic heterocycles. The molecule has 6 N–H and O–H groups in total. The van der Waals surface area contributed by atoms with Crippen LogP contribution in [0.3, 0.4) is 0 Å². The summed E-state index contributed by atoms with van der Waals surface area (Å²) in [7, 11) is 1.52. The number of hydrogen-bond acceptors (Lipinski definition) is 10. The monoisotopic (exact) mass is 631 g/mol. The third kappa shape index (κ3) is 7.05. The molecule has 2 aliphatic rings. The van der Waals surface area contributed by atoms with Crippen molar-refractivity contribution in [2.24, 2.45) is 0 Å². The number of carbonyl (C=O) groups is 3. The van der Waals surface area contributed by atoms with Crippen LogP contribution in [0.25, 0.3) is 11.0 Å². The highest BCUT2D eigenvalue weighted by Gasteiger charge is 2.47. The van der Waals surface area contributed by atoms with Gasteiger partial charge in [0.25, 0.3) is 0 Å². The molecule has 1 saturated heterocycles. The summed E-state index contributed by atoms with van der Waals surface area (Å²) >= 11 is 0. The van der Waals surface area contributed by atoms with E-state index in [1.807, 2.05) is 29.2 Å². The van der Waals surface area contributed by atoms with Crippen LogP contribution in [-0.2, 0) is 19.1 Å². The number of carboxylic acids is 2. The quantitative estimate of drug-likeness (QED) is 0.218. The van der Waals surface area contributed by atoms with E-state index in [1.54, 1.807) is 29.7 Å². The van der Waals surface area contributed by atoms with Crippen molar-refractivity contribution < 1.29 is 54.1 Å². The largest absolute Gasteiger partial charge is 0.497 e. The number of para-hydroxylation sites is 2. The summed E-state index contributed by atoms with van der Waals surface area (Å²) in [5, 5.41) is 29.0. The Labute approximate surface area is 257 Å². The topological polar surface area (TPSA) is 221 Å². The number of hydrogen-bond donors (Lipinski definition) is 4. The highest BCUT2D eigenvalue weighted by atomic mass is 16.6. The Bertz CT molecular complexity index is 1610. The van der Waals surface area contributed by atoms with E-state index >= 15 is 0 Å². The van der Waals surface area contributed by atoms with Crippen LogP contribution in [-0.4, -0.2) is 104 Å². The van der Waals surface area contributed by atoms with Gasteiger partial charge in [0, 0.05) is 31.7 Å². The Morgan fingerprint density at radius 2 is 1.82 bits per heavy atom. The number of nitrogens with zero attached hydrogens (tertiary/aromatic N) is 2. The molecule has 45 heavy (non-hydrogen) atoms. The number of benzene rings is 2. The van der Waals surface area contributed by atoms with Crippen molar-refractivity contribution in [3.05, 3.63) is 52.9 Å². The summed E-state index contributed by atoms with van der Waals surface area (Å²) in [6.07, 6.45) is -2.01. The number of fused-ring (bicyclic) bond motifs is 2. The molecule has 3 atom stereocenters. The van der Waals surface area contributed by atoms with Crippen LogP contribution < -0.4 is 19.9 Å². The Hall–Kier alpha value is -4.60. The molecular formula is C30H37N3O12. The smallest absolute Gasteiger partial charge is 0.336 e. The van der Waals surface area contributed by atoms with Gasteiger partial charge in [-0.1, -0.05) is 12.1 Å². The van der Waals surface area contributed by atoms with Crippen LogP contribution in [0, 0.1) is 0 Å². The van der Waals surface area contributed by atoms with Gasteiger partial charge in [-0.3, -0.25) is 19.1 Å². The van der Waals surface area contributed by atoms with Crippen molar-refractivity contribution in [2.45, 2.75) is 56.0 Å². The molecule has 3 heterocycles. The molecule has 15 nitrogen and oxygen atoms in total. The van der Waals surface area contributed by atoms with Gasteiger partial charge in [-0.15, -0.1) is 0 Å². The molecule has 0 aliphatic carbocycles. The summed E-state index contributed by atoms with van der Waals surface area (Å²) in [5.41, 5.74) is -2.69. The van der Waals surface area contributed by atoms with E-state index in [1.165, 1.54) is 7.11 Å². The molecule has 15 heteroatoms. The third-order valence-electron chi connectivity index (χ3n) is 8.21. The molecular weight excluding hydrogens is 594 g/mol. The fraction of sp³-hybridized carbons (Fsp3) is 0.467. The highest BCUT2D eigenvalue weighted by molar-refractivity contribution is 5.88. The van der Waals surface area contributed by atoms with Crippen molar-refractivity contribution in [3.8, 4) is 17.2 Å². The SMILES string of the molecule is COc1ccc2c(c1)OCC(C)(C(CN1CCC(n3c(=O)[nH]c4ccccc43)CC1)OC(=O)CC(O)(CC(=O)O)C(=O)O)O2.O. The minimum atomic E-state index is -2.85. The number of likely N-dealkylation sites (tertiary alicyclic amines) is 1. The van der Waals surface area contributed by atoms with Crippen molar-refractivity contribution >= 4 is 28.9 Å². The molecule has 1 fully saturated rings. The molecule has 0 spiro atoms. The predicted octanol–water partition coefficient (Wildman–Crippen LogP) is 0.973. The van der Waals surface area contributed by atoms with E-state index in [-0.39, 0.29) is 30.4 Å². The molecule has 244 valence electrons.